The van der Waals surface area contributed by atoms with Gasteiger partial charge in [0.05, 0.1) is 25.6 Å². The average molecular weight is 464 g/mol. The molecule has 2 fully saturated rings. The van der Waals surface area contributed by atoms with Gasteiger partial charge in [-0.3, -0.25) is 0 Å². The number of morpholine rings is 1. The van der Waals surface area contributed by atoms with Gasteiger partial charge in [-0.15, -0.1) is 0 Å². The SMILES string of the molecule is FC(F)(F)c1cnc(NC2CCC(Oc3nc(N4CCOCC4)cc4ncnn34)CC2)cn1. The maximum absolute atomic E-state index is 12.6. The second kappa shape index (κ2) is 8.96. The monoisotopic (exact) mass is 464 g/mol. The molecule has 0 amide bonds. The summed E-state index contributed by atoms with van der Waals surface area (Å²) in [4.78, 5) is 18.4. The molecule has 176 valence electrons. The first-order valence-corrected chi connectivity index (χ1v) is 10.8. The third-order valence-electron chi connectivity index (χ3n) is 5.80. The highest BCUT2D eigenvalue weighted by molar-refractivity contribution is 5.52. The molecular weight excluding hydrogens is 441 g/mol. The van der Waals surface area contributed by atoms with Crippen molar-refractivity contribution in [3.8, 4) is 6.01 Å². The van der Waals surface area contributed by atoms with Crippen molar-refractivity contribution in [2.75, 3.05) is 36.5 Å². The van der Waals surface area contributed by atoms with Crippen molar-refractivity contribution >= 4 is 17.3 Å². The number of ether oxygens (including phenoxy) is 2. The Bertz CT molecular complexity index is 1080. The Kier molecular flexibility index (Phi) is 5.87. The molecule has 0 unspecified atom stereocenters. The molecule has 1 saturated carbocycles. The molecule has 2 aliphatic rings. The number of aromatic nitrogens is 6. The molecule has 0 spiro atoms. The number of halogens is 3. The van der Waals surface area contributed by atoms with Crippen molar-refractivity contribution in [3.63, 3.8) is 0 Å². The summed E-state index contributed by atoms with van der Waals surface area (Å²) in [6.07, 6.45) is 1.84. The Balaban J connectivity index is 1.21. The maximum Gasteiger partial charge on any atom is 0.434 e. The van der Waals surface area contributed by atoms with E-state index in [1.807, 2.05) is 6.07 Å². The first kappa shape index (κ1) is 21.6. The topological polar surface area (TPSA) is 103 Å². The largest absolute Gasteiger partial charge is 0.460 e. The summed E-state index contributed by atoms with van der Waals surface area (Å²) in [5.41, 5.74) is -0.339. The lowest BCUT2D eigenvalue weighted by molar-refractivity contribution is -0.141. The lowest BCUT2D eigenvalue weighted by Gasteiger charge is -2.30. The van der Waals surface area contributed by atoms with E-state index in [2.05, 4.69) is 35.3 Å². The number of hydrogen-bond donors (Lipinski definition) is 1. The molecule has 0 bridgehead atoms. The summed E-state index contributed by atoms with van der Waals surface area (Å²) in [6.45, 7) is 2.80. The third-order valence-corrected chi connectivity index (χ3v) is 5.80. The van der Waals surface area contributed by atoms with Gasteiger partial charge in [-0.25, -0.2) is 15.0 Å². The quantitative estimate of drug-likeness (QED) is 0.610. The molecule has 4 heterocycles. The summed E-state index contributed by atoms with van der Waals surface area (Å²) in [5, 5.41) is 7.40. The molecule has 0 radical (unpaired) electrons. The molecule has 1 aliphatic carbocycles. The number of anilines is 2. The van der Waals surface area contributed by atoms with Crippen LogP contribution in [0.15, 0.2) is 24.8 Å². The van der Waals surface area contributed by atoms with Gasteiger partial charge in [0.25, 0.3) is 0 Å². The van der Waals surface area contributed by atoms with Crippen LogP contribution in [0.1, 0.15) is 31.4 Å². The van der Waals surface area contributed by atoms with E-state index in [-0.39, 0.29) is 12.1 Å². The molecule has 5 rings (SSSR count). The van der Waals surface area contributed by atoms with Gasteiger partial charge in [0.1, 0.15) is 24.1 Å². The summed E-state index contributed by atoms with van der Waals surface area (Å²) < 4.78 is 51.2. The second-order valence-electron chi connectivity index (χ2n) is 8.05. The van der Waals surface area contributed by atoms with Gasteiger partial charge in [0, 0.05) is 25.2 Å². The molecule has 13 heteroatoms. The minimum Gasteiger partial charge on any atom is -0.460 e. The number of fused-ring (bicyclic) bond motifs is 1. The van der Waals surface area contributed by atoms with E-state index in [4.69, 9.17) is 9.47 Å². The number of nitrogens with zero attached hydrogens (tertiary/aromatic N) is 7. The zero-order valence-electron chi connectivity index (χ0n) is 17.7. The molecule has 1 N–H and O–H groups in total. The zero-order chi connectivity index (χ0) is 22.8. The number of nitrogens with one attached hydrogen (secondary N) is 1. The van der Waals surface area contributed by atoms with E-state index in [1.54, 1.807) is 4.52 Å². The summed E-state index contributed by atoms with van der Waals surface area (Å²) in [5.74, 6) is 1.11. The van der Waals surface area contributed by atoms with E-state index in [0.29, 0.717) is 30.7 Å². The van der Waals surface area contributed by atoms with Crippen LogP contribution in [0.4, 0.5) is 24.8 Å². The Morgan fingerprint density at radius 2 is 1.82 bits per heavy atom. The van der Waals surface area contributed by atoms with E-state index in [0.717, 1.165) is 57.0 Å². The highest BCUT2D eigenvalue weighted by Crippen LogP contribution is 2.29. The van der Waals surface area contributed by atoms with Gasteiger partial charge >= 0.3 is 12.2 Å². The van der Waals surface area contributed by atoms with Gasteiger partial charge in [0.15, 0.2) is 11.3 Å². The number of rotatable bonds is 5. The zero-order valence-corrected chi connectivity index (χ0v) is 17.7. The van der Waals surface area contributed by atoms with Crippen LogP contribution in [0.3, 0.4) is 0 Å². The van der Waals surface area contributed by atoms with E-state index in [1.165, 1.54) is 6.33 Å². The standard InChI is InChI=1S/C20H23F3N8O2/c21-20(22,23)15-10-25-16(11-24-15)28-13-1-3-14(4-2-13)33-19-29-18(30-5-7-32-8-6-30)9-17-26-12-27-31(17)19/h9-14H,1-8H2,(H,25,28). The predicted molar refractivity (Wildman–Crippen MR) is 111 cm³/mol. The smallest absolute Gasteiger partial charge is 0.434 e. The lowest BCUT2D eigenvalue weighted by Crippen LogP contribution is -2.37. The highest BCUT2D eigenvalue weighted by atomic mass is 19.4. The van der Waals surface area contributed by atoms with Gasteiger partial charge in [-0.1, -0.05) is 0 Å². The first-order valence-electron chi connectivity index (χ1n) is 10.8. The van der Waals surface area contributed by atoms with Crippen LogP contribution in [0, 0.1) is 0 Å². The molecule has 3 aromatic rings. The number of hydrogen-bond acceptors (Lipinski definition) is 9. The molecule has 10 nitrogen and oxygen atoms in total. The summed E-state index contributed by atoms with van der Waals surface area (Å²) in [6, 6.07) is 2.36. The molecule has 1 saturated heterocycles. The molecule has 0 aromatic carbocycles. The fourth-order valence-corrected chi connectivity index (χ4v) is 4.05. The molecule has 0 atom stereocenters. The van der Waals surface area contributed by atoms with Crippen LogP contribution in [-0.4, -0.2) is 68.0 Å². The average Bonchev–Trinajstić information content (AvgIpc) is 3.30. The molecular formula is C20H23F3N8O2. The van der Waals surface area contributed by atoms with Gasteiger partial charge in [-0.2, -0.15) is 27.8 Å². The Labute approximate surface area is 187 Å². The van der Waals surface area contributed by atoms with Crippen molar-refractivity contribution in [3.05, 3.63) is 30.5 Å². The van der Waals surface area contributed by atoms with Crippen LogP contribution in [0.5, 0.6) is 6.01 Å². The highest BCUT2D eigenvalue weighted by Gasteiger charge is 2.33. The van der Waals surface area contributed by atoms with Crippen molar-refractivity contribution in [1.82, 2.24) is 29.5 Å². The van der Waals surface area contributed by atoms with E-state index < -0.39 is 11.9 Å². The fourth-order valence-electron chi connectivity index (χ4n) is 4.05. The Morgan fingerprint density at radius 3 is 2.52 bits per heavy atom. The van der Waals surface area contributed by atoms with Crippen LogP contribution in [0.2, 0.25) is 0 Å². The normalized spacial score (nSPS) is 21.8. The molecule has 3 aromatic heterocycles. The van der Waals surface area contributed by atoms with Crippen molar-refractivity contribution in [2.45, 2.75) is 44.0 Å². The number of alkyl halides is 3. The Morgan fingerprint density at radius 1 is 1.03 bits per heavy atom. The van der Waals surface area contributed by atoms with Gasteiger partial charge in [0.2, 0.25) is 0 Å². The lowest BCUT2D eigenvalue weighted by atomic mass is 9.93. The Hall–Kier alpha value is -3.22. The van der Waals surface area contributed by atoms with Crippen LogP contribution < -0.4 is 15.0 Å². The van der Waals surface area contributed by atoms with Crippen LogP contribution in [0.25, 0.3) is 5.65 Å². The minimum absolute atomic E-state index is 0.0541. The van der Waals surface area contributed by atoms with Crippen molar-refractivity contribution < 1.29 is 22.6 Å². The van der Waals surface area contributed by atoms with Crippen LogP contribution in [-0.2, 0) is 10.9 Å². The summed E-state index contributed by atoms with van der Waals surface area (Å²) in [7, 11) is 0. The predicted octanol–water partition coefficient (Wildman–Crippen LogP) is 2.57. The first-order chi connectivity index (χ1) is 16.0. The van der Waals surface area contributed by atoms with Gasteiger partial charge < -0.3 is 19.7 Å². The van der Waals surface area contributed by atoms with Crippen molar-refractivity contribution in [2.24, 2.45) is 0 Å². The summed E-state index contributed by atoms with van der Waals surface area (Å²) >= 11 is 0. The maximum atomic E-state index is 12.6. The molecule has 33 heavy (non-hydrogen) atoms. The fraction of sp³-hybridized carbons (Fsp3) is 0.550. The van der Waals surface area contributed by atoms with Crippen molar-refractivity contribution in [1.29, 1.82) is 0 Å². The van der Waals surface area contributed by atoms with E-state index >= 15 is 0 Å². The van der Waals surface area contributed by atoms with Crippen LogP contribution >= 0.6 is 0 Å². The van der Waals surface area contributed by atoms with E-state index in [9.17, 15) is 13.2 Å². The minimum atomic E-state index is -4.50. The van der Waals surface area contributed by atoms with Gasteiger partial charge in [-0.05, 0) is 25.7 Å². The molecule has 1 aliphatic heterocycles. The third kappa shape index (κ3) is 4.92. The second-order valence-corrected chi connectivity index (χ2v) is 8.05.